The maximum Gasteiger partial charge on any atom is 0.237 e. The Morgan fingerprint density at radius 3 is 2.88 bits per heavy atom. The van der Waals surface area contributed by atoms with Crippen molar-refractivity contribution in [2.24, 2.45) is 11.8 Å². The number of aliphatic hydroxyl groups excluding tert-OH is 1. The molecule has 0 aromatic carbocycles. The Kier molecular flexibility index (Phi) is 5.77. The zero-order valence-electron chi connectivity index (χ0n) is 10.3. The van der Waals surface area contributed by atoms with Gasteiger partial charge in [-0.15, -0.1) is 0 Å². The van der Waals surface area contributed by atoms with E-state index in [9.17, 15) is 4.79 Å². The van der Waals surface area contributed by atoms with E-state index in [2.05, 4.69) is 24.5 Å². The van der Waals surface area contributed by atoms with Crippen molar-refractivity contribution in [1.29, 1.82) is 0 Å². The topological polar surface area (TPSA) is 61.4 Å². The molecule has 1 heterocycles. The summed E-state index contributed by atoms with van der Waals surface area (Å²) >= 11 is 0. The van der Waals surface area contributed by atoms with Gasteiger partial charge in [-0.05, 0) is 31.2 Å². The lowest BCUT2D eigenvalue weighted by Gasteiger charge is -2.19. The van der Waals surface area contributed by atoms with Gasteiger partial charge in [0.2, 0.25) is 5.91 Å². The molecule has 3 N–H and O–H groups in total. The zero-order chi connectivity index (χ0) is 12.0. The van der Waals surface area contributed by atoms with Gasteiger partial charge in [-0.3, -0.25) is 4.79 Å². The van der Waals surface area contributed by atoms with Gasteiger partial charge < -0.3 is 15.7 Å². The van der Waals surface area contributed by atoms with Crippen LogP contribution in [-0.2, 0) is 4.79 Å². The minimum Gasteiger partial charge on any atom is -0.396 e. The molecule has 1 fully saturated rings. The van der Waals surface area contributed by atoms with Gasteiger partial charge in [-0.1, -0.05) is 20.3 Å². The van der Waals surface area contributed by atoms with Crippen LogP contribution in [0, 0.1) is 11.8 Å². The summed E-state index contributed by atoms with van der Waals surface area (Å²) in [5.41, 5.74) is 0. The van der Waals surface area contributed by atoms with Gasteiger partial charge in [0.1, 0.15) is 0 Å². The lowest BCUT2D eigenvalue weighted by molar-refractivity contribution is -0.123. The standard InChI is InChI=1S/C12H24N2O2/c1-3-10(5-7-15)8-14-12(16)11-9(2)4-6-13-11/h9-11,13,15H,3-8H2,1-2H3,(H,14,16). The van der Waals surface area contributed by atoms with Crippen LogP contribution in [0.1, 0.15) is 33.1 Å². The Balaban J connectivity index is 2.28. The van der Waals surface area contributed by atoms with Gasteiger partial charge in [0.05, 0.1) is 6.04 Å². The molecule has 1 saturated heterocycles. The number of rotatable bonds is 6. The third-order valence-corrected chi connectivity index (χ3v) is 3.50. The number of nitrogens with one attached hydrogen (secondary N) is 2. The highest BCUT2D eigenvalue weighted by atomic mass is 16.3. The molecule has 0 aromatic heterocycles. The van der Waals surface area contributed by atoms with Crippen LogP contribution in [0.3, 0.4) is 0 Å². The van der Waals surface area contributed by atoms with Crippen molar-refractivity contribution in [3.05, 3.63) is 0 Å². The molecule has 94 valence electrons. The maximum absolute atomic E-state index is 11.8. The fourth-order valence-electron chi connectivity index (χ4n) is 2.17. The van der Waals surface area contributed by atoms with E-state index in [1.165, 1.54) is 0 Å². The molecule has 0 radical (unpaired) electrons. The van der Waals surface area contributed by atoms with Gasteiger partial charge in [-0.25, -0.2) is 0 Å². The van der Waals surface area contributed by atoms with Crippen LogP contribution in [0.4, 0.5) is 0 Å². The normalized spacial score (nSPS) is 26.7. The zero-order valence-corrected chi connectivity index (χ0v) is 10.3. The summed E-state index contributed by atoms with van der Waals surface area (Å²) < 4.78 is 0. The number of carbonyl (C=O) groups is 1. The monoisotopic (exact) mass is 228 g/mol. The minimum absolute atomic E-state index is 0.0216. The van der Waals surface area contributed by atoms with E-state index in [0.29, 0.717) is 18.4 Å². The molecule has 1 aliphatic heterocycles. The van der Waals surface area contributed by atoms with E-state index in [1.54, 1.807) is 0 Å². The Morgan fingerprint density at radius 1 is 1.62 bits per heavy atom. The smallest absolute Gasteiger partial charge is 0.237 e. The highest BCUT2D eigenvalue weighted by Gasteiger charge is 2.29. The predicted octanol–water partition coefficient (Wildman–Crippen LogP) is 0.509. The fourth-order valence-corrected chi connectivity index (χ4v) is 2.17. The molecule has 1 amide bonds. The molecule has 1 rings (SSSR count). The number of aliphatic hydroxyl groups is 1. The van der Waals surface area contributed by atoms with E-state index < -0.39 is 0 Å². The Morgan fingerprint density at radius 2 is 2.38 bits per heavy atom. The second-order valence-corrected chi connectivity index (χ2v) is 4.73. The van der Waals surface area contributed by atoms with Crippen molar-refractivity contribution >= 4 is 5.91 Å². The third-order valence-electron chi connectivity index (χ3n) is 3.50. The molecule has 4 nitrogen and oxygen atoms in total. The molecule has 0 aliphatic carbocycles. The summed E-state index contributed by atoms with van der Waals surface area (Å²) in [5.74, 6) is 0.935. The van der Waals surface area contributed by atoms with Crippen LogP contribution >= 0.6 is 0 Å². The van der Waals surface area contributed by atoms with Gasteiger partial charge >= 0.3 is 0 Å². The first kappa shape index (κ1) is 13.5. The van der Waals surface area contributed by atoms with Gasteiger partial charge in [-0.2, -0.15) is 0 Å². The number of hydrogen-bond acceptors (Lipinski definition) is 3. The molecule has 0 bridgehead atoms. The van der Waals surface area contributed by atoms with Crippen LogP contribution in [-0.4, -0.2) is 36.8 Å². The molecule has 4 heteroatoms. The average Bonchev–Trinajstić information content (AvgIpc) is 2.70. The summed E-state index contributed by atoms with van der Waals surface area (Å²) in [5, 5.41) is 15.1. The average molecular weight is 228 g/mol. The van der Waals surface area contributed by atoms with Crippen molar-refractivity contribution < 1.29 is 9.90 Å². The van der Waals surface area contributed by atoms with E-state index in [4.69, 9.17) is 5.11 Å². The minimum atomic E-state index is -0.0216. The molecule has 0 saturated carbocycles. The summed E-state index contributed by atoms with van der Waals surface area (Å²) in [6.07, 6.45) is 2.84. The van der Waals surface area contributed by atoms with E-state index in [-0.39, 0.29) is 18.6 Å². The quantitative estimate of drug-likeness (QED) is 0.621. The van der Waals surface area contributed by atoms with Gasteiger partial charge in [0.25, 0.3) is 0 Å². The Labute approximate surface area is 97.8 Å². The third kappa shape index (κ3) is 3.76. The second kappa shape index (κ2) is 6.86. The summed E-state index contributed by atoms with van der Waals surface area (Å²) in [4.78, 5) is 11.8. The molecule has 3 atom stereocenters. The molecular weight excluding hydrogens is 204 g/mol. The van der Waals surface area contributed by atoms with Crippen LogP contribution in [0.5, 0.6) is 0 Å². The molecular formula is C12H24N2O2. The van der Waals surface area contributed by atoms with Crippen molar-refractivity contribution in [2.45, 2.75) is 39.2 Å². The van der Waals surface area contributed by atoms with E-state index in [0.717, 1.165) is 25.8 Å². The first-order valence-electron chi connectivity index (χ1n) is 6.31. The molecule has 1 aliphatic rings. The molecule has 16 heavy (non-hydrogen) atoms. The summed E-state index contributed by atoms with van der Waals surface area (Å²) in [7, 11) is 0. The number of carbonyl (C=O) groups excluding carboxylic acids is 1. The predicted molar refractivity (Wildman–Crippen MR) is 64.1 cm³/mol. The Hall–Kier alpha value is -0.610. The first-order chi connectivity index (χ1) is 7.69. The second-order valence-electron chi connectivity index (χ2n) is 4.73. The van der Waals surface area contributed by atoms with Crippen molar-refractivity contribution in [1.82, 2.24) is 10.6 Å². The van der Waals surface area contributed by atoms with E-state index >= 15 is 0 Å². The number of amides is 1. The highest BCUT2D eigenvalue weighted by Crippen LogP contribution is 2.14. The Bertz CT molecular complexity index is 221. The SMILES string of the molecule is CCC(CCO)CNC(=O)C1NCCC1C. The lowest BCUT2D eigenvalue weighted by Crippen LogP contribution is -2.44. The summed E-state index contributed by atoms with van der Waals surface area (Å²) in [6.45, 7) is 6.01. The van der Waals surface area contributed by atoms with Gasteiger partial charge in [0, 0.05) is 13.2 Å². The lowest BCUT2D eigenvalue weighted by atomic mass is 10.0. The fraction of sp³-hybridized carbons (Fsp3) is 0.917. The maximum atomic E-state index is 11.8. The largest absolute Gasteiger partial charge is 0.396 e. The van der Waals surface area contributed by atoms with Crippen LogP contribution in [0.25, 0.3) is 0 Å². The highest BCUT2D eigenvalue weighted by molar-refractivity contribution is 5.82. The summed E-state index contributed by atoms with van der Waals surface area (Å²) in [6, 6.07) is -0.0216. The molecule has 3 unspecified atom stereocenters. The van der Waals surface area contributed by atoms with E-state index in [1.807, 2.05) is 0 Å². The first-order valence-corrected chi connectivity index (χ1v) is 6.31. The van der Waals surface area contributed by atoms with Crippen LogP contribution in [0.15, 0.2) is 0 Å². The van der Waals surface area contributed by atoms with Crippen LogP contribution < -0.4 is 10.6 Å². The van der Waals surface area contributed by atoms with Crippen molar-refractivity contribution in [2.75, 3.05) is 19.7 Å². The van der Waals surface area contributed by atoms with Crippen LogP contribution in [0.2, 0.25) is 0 Å². The molecule has 0 aromatic rings. The number of hydrogen-bond donors (Lipinski definition) is 3. The molecule has 0 spiro atoms. The van der Waals surface area contributed by atoms with Crippen molar-refractivity contribution in [3.8, 4) is 0 Å². The van der Waals surface area contributed by atoms with Crippen molar-refractivity contribution in [3.63, 3.8) is 0 Å². The van der Waals surface area contributed by atoms with Gasteiger partial charge in [0.15, 0.2) is 0 Å².